The van der Waals surface area contributed by atoms with Crippen molar-refractivity contribution in [3.8, 4) is 0 Å². The van der Waals surface area contributed by atoms with Crippen LogP contribution in [0.5, 0.6) is 0 Å². The van der Waals surface area contributed by atoms with E-state index in [1.807, 2.05) is 42.5 Å². The molecule has 3 heteroatoms. The summed E-state index contributed by atoms with van der Waals surface area (Å²) in [5, 5.41) is 2.69. The fraction of sp³-hybridized carbons (Fsp3) is 0. The molecule has 4 rings (SSSR count). The van der Waals surface area contributed by atoms with E-state index in [1.54, 1.807) is 0 Å². The molecule has 0 aliphatic carbocycles. The lowest BCUT2D eigenvalue weighted by atomic mass is 10.2. The highest BCUT2D eigenvalue weighted by atomic mass is 28.2. The molecular formula is C21H15NOSi. The van der Waals surface area contributed by atoms with Gasteiger partial charge in [-0.25, -0.2) is 4.98 Å². The number of para-hydroxylation sites is 2. The van der Waals surface area contributed by atoms with Gasteiger partial charge in [0, 0.05) is 6.08 Å². The van der Waals surface area contributed by atoms with E-state index >= 15 is 0 Å². The SMILES string of the molecule is C(=C\c1nc2ccccc2o1)/c1ccc([Si]c2ccccc2)cc1. The third kappa shape index (κ3) is 3.36. The van der Waals surface area contributed by atoms with E-state index in [0.29, 0.717) is 15.4 Å². The third-order valence-corrected chi connectivity index (χ3v) is 4.95. The minimum absolute atomic E-state index is 0.631. The Bertz CT molecular complexity index is 939. The van der Waals surface area contributed by atoms with Crippen LogP contribution in [-0.2, 0) is 0 Å². The maximum Gasteiger partial charge on any atom is 0.220 e. The van der Waals surface area contributed by atoms with Gasteiger partial charge >= 0.3 is 0 Å². The molecule has 114 valence electrons. The molecule has 1 aromatic heterocycles. The number of aromatic nitrogens is 1. The van der Waals surface area contributed by atoms with Gasteiger partial charge in [-0.05, 0) is 23.8 Å². The number of rotatable bonds is 4. The fourth-order valence-corrected chi connectivity index (χ4v) is 3.52. The van der Waals surface area contributed by atoms with Crippen LogP contribution < -0.4 is 10.4 Å². The van der Waals surface area contributed by atoms with Gasteiger partial charge in [0.25, 0.3) is 0 Å². The lowest BCUT2D eigenvalue weighted by molar-refractivity contribution is 0.590. The number of hydrogen-bond donors (Lipinski definition) is 0. The molecule has 4 aromatic rings. The van der Waals surface area contributed by atoms with Crippen molar-refractivity contribution in [1.82, 2.24) is 4.98 Å². The van der Waals surface area contributed by atoms with Gasteiger partial charge < -0.3 is 4.42 Å². The van der Waals surface area contributed by atoms with Crippen LogP contribution >= 0.6 is 0 Å². The molecule has 0 saturated carbocycles. The minimum atomic E-state index is 0.631. The zero-order valence-electron chi connectivity index (χ0n) is 13.0. The highest BCUT2D eigenvalue weighted by Crippen LogP contribution is 2.16. The summed E-state index contributed by atoms with van der Waals surface area (Å²) in [6, 6.07) is 27.0. The number of oxazole rings is 1. The second-order valence-electron chi connectivity index (χ2n) is 5.47. The Morgan fingerprint density at radius 1 is 0.708 bits per heavy atom. The van der Waals surface area contributed by atoms with E-state index in [2.05, 4.69) is 53.5 Å². The molecule has 1 heterocycles. The van der Waals surface area contributed by atoms with Gasteiger partial charge in [-0.2, -0.15) is 0 Å². The largest absolute Gasteiger partial charge is 0.437 e. The predicted octanol–water partition coefficient (Wildman–Crippen LogP) is 3.65. The van der Waals surface area contributed by atoms with Gasteiger partial charge in [-0.15, -0.1) is 0 Å². The van der Waals surface area contributed by atoms with Crippen LogP contribution in [0.25, 0.3) is 23.3 Å². The molecule has 0 aliphatic heterocycles. The number of fused-ring (bicyclic) bond motifs is 1. The van der Waals surface area contributed by atoms with E-state index < -0.39 is 0 Å². The van der Waals surface area contributed by atoms with Crippen molar-refractivity contribution in [2.45, 2.75) is 0 Å². The maximum atomic E-state index is 5.70. The Morgan fingerprint density at radius 2 is 1.42 bits per heavy atom. The smallest absolute Gasteiger partial charge is 0.220 e. The van der Waals surface area contributed by atoms with Gasteiger partial charge in [0.2, 0.25) is 5.89 Å². The molecule has 0 fully saturated rings. The first-order valence-electron chi connectivity index (χ1n) is 7.83. The summed E-state index contributed by atoms with van der Waals surface area (Å²) in [6.45, 7) is 0. The highest BCUT2D eigenvalue weighted by molar-refractivity contribution is 6.67. The monoisotopic (exact) mass is 325 g/mol. The summed E-state index contributed by atoms with van der Waals surface area (Å²) in [7, 11) is 0.686. The van der Waals surface area contributed by atoms with Crippen LogP contribution in [0, 0.1) is 0 Å². The molecular weight excluding hydrogens is 310 g/mol. The van der Waals surface area contributed by atoms with Crippen LogP contribution in [0.4, 0.5) is 0 Å². The maximum absolute atomic E-state index is 5.70. The molecule has 0 saturated heterocycles. The Kier molecular flexibility index (Phi) is 4.08. The summed E-state index contributed by atoms with van der Waals surface area (Å²) in [4.78, 5) is 4.45. The Balaban J connectivity index is 1.48. The summed E-state index contributed by atoms with van der Waals surface area (Å²) in [5.41, 5.74) is 2.84. The van der Waals surface area contributed by atoms with Crippen molar-refractivity contribution in [2.75, 3.05) is 0 Å². The van der Waals surface area contributed by atoms with Gasteiger partial charge in [0.15, 0.2) is 5.58 Å². The Labute approximate surface area is 143 Å². The van der Waals surface area contributed by atoms with Crippen LogP contribution in [-0.4, -0.2) is 14.5 Å². The molecule has 0 aliphatic rings. The quantitative estimate of drug-likeness (QED) is 0.535. The first-order chi connectivity index (χ1) is 11.9. The fourth-order valence-electron chi connectivity index (χ4n) is 2.49. The zero-order valence-corrected chi connectivity index (χ0v) is 14.0. The van der Waals surface area contributed by atoms with Gasteiger partial charge in [0.1, 0.15) is 15.0 Å². The number of nitrogens with zero attached hydrogens (tertiary/aromatic N) is 1. The van der Waals surface area contributed by atoms with Crippen molar-refractivity contribution < 1.29 is 4.42 Å². The number of hydrogen-bond acceptors (Lipinski definition) is 2. The predicted molar refractivity (Wildman–Crippen MR) is 101 cm³/mol. The van der Waals surface area contributed by atoms with Gasteiger partial charge in [-0.1, -0.05) is 77.1 Å². The first-order valence-corrected chi connectivity index (χ1v) is 8.83. The molecule has 24 heavy (non-hydrogen) atoms. The Morgan fingerprint density at radius 3 is 2.21 bits per heavy atom. The molecule has 0 N–H and O–H groups in total. The second kappa shape index (κ2) is 6.68. The molecule has 3 aromatic carbocycles. The second-order valence-corrected chi connectivity index (χ2v) is 6.87. The van der Waals surface area contributed by atoms with Crippen molar-refractivity contribution in [3.63, 3.8) is 0 Å². The van der Waals surface area contributed by atoms with Gasteiger partial charge in [-0.3, -0.25) is 0 Å². The van der Waals surface area contributed by atoms with E-state index in [4.69, 9.17) is 4.42 Å². The number of benzene rings is 3. The average Bonchev–Trinajstić information content (AvgIpc) is 3.05. The van der Waals surface area contributed by atoms with Crippen LogP contribution in [0.3, 0.4) is 0 Å². The van der Waals surface area contributed by atoms with Crippen LogP contribution in [0.2, 0.25) is 0 Å². The average molecular weight is 325 g/mol. The molecule has 0 spiro atoms. The van der Waals surface area contributed by atoms with E-state index in [1.165, 1.54) is 10.4 Å². The first kappa shape index (κ1) is 14.7. The lowest BCUT2D eigenvalue weighted by Crippen LogP contribution is -2.26. The molecule has 0 bridgehead atoms. The van der Waals surface area contributed by atoms with E-state index in [9.17, 15) is 0 Å². The minimum Gasteiger partial charge on any atom is -0.437 e. The van der Waals surface area contributed by atoms with E-state index in [-0.39, 0.29) is 0 Å². The van der Waals surface area contributed by atoms with Crippen molar-refractivity contribution in [1.29, 1.82) is 0 Å². The summed E-state index contributed by atoms with van der Waals surface area (Å²) in [5.74, 6) is 0.631. The molecule has 2 nitrogen and oxygen atoms in total. The normalized spacial score (nSPS) is 11.3. The zero-order chi connectivity index (χ0) is 16.2. The standard InChI is InChI=1S/C21H15NOSi/c1-2-6-17(7-3-1)24-18-13-10-16(11-14-18)12-15-21-22-19-8-4-5-9-20(19)23-21/h1-15H/b15-12+. The molecule has 0 amide bonds. The lowest BCUT2D eigenvalue weighted by Gasteiger charge is -2.01. The van der Waals surface area contributed by atoms with Crippen LogP contribution in [0.1, 0.15) is 11.5 Å². The van der Waals surface area contributed by atoms with Crippen molar-refractivity contribution in [3.05, 3.63) is 90.3 Å². The third-order valence-electron chi connectivity index (χ3n) is 3.70. The summed E-state index contributed by atoms with van der Waals surface area (Å²) in [6.07, 6.45) is 3.94. The highest BCUT2D eigenvalue weighted by Gasteiger charge is 2.01. The summed E-state index contributed by atoms with van der Waals surface area (Å²) >= 11 is 0. The molecule has 2 radical (unpaired) electrons. The van der Waals surface area contributed by atoms with Crippen molar-refractivity contribution >= 4 is 43.1 Å². The summed E-state index contributed by atoms with van der Waals surface area (Å²) < 4.78 is 5.70. The van der Waals surface area contributed by atoms with Crippen LogP contribution in [0.15, 0.2) is 83.3 Å². The molecule has 0 unspecified atom stereocenters. The Hall–Kier alpha value is -2.91. The van der Waals surface area contributed by atoms with Crippen molar-refractivity contribution in [2.24, 2.45) is 0 Å². The topological polar surface area (TPSA) is 26.0 Å². The molecule has 0 atom stereocenters. The van der Waals surface area contributed by atoms with E-state index in [0.717, 1.165) is 16.7 Å². The van der Waals surface area contributed by atoms with Gasteiger partial charge in [0.05, 0.1) is 0 Å².